The molecular formula is C10H5Br3N2OS. The van der Waals surface area contributed by atoms with Gasteiger partial charge in [0.2, 0.25) is 0 Å². The van der Waals surface area contributed by atoms with E-state index < -0.39 is 0 Å². The first-order valence-corrected chi connectivity index (χ1v) is 7.63. The summed E-state index contributed by atoms with van der Waals surface area (Å²) in [7, 11) is 0. The molecule has 0 aliphatic rings. The van der Waals surface area contributed by atoms with Gasteiger partial charge in [-0.15, -0.1) is 11.3 Å². The summed E-state index contributed by atoms with van der Waals surface area (Å²) in [6.45, 7) is 0. The fourth-order valence-electron chi connectivity index (χ4n) is 1.15. The van der Waals surface area contributed by atoms with Crippen molar-refractivity contribution in [3.63, 3.8) is 0 Å². The average Bonchev–Trinajstić information content (AvgIpc) is 2.58. The van der Waals surface area contributed by atoms with Crippen LogP contribution in [-0.2, 0) is 0 Å². The van der Waals surface area contributed by atoms with Gasteiger partial charge in [-0.25, -0.2) is 4.98 Å². The van der Waals surface area contributed by atoms with Crippen molar-refractivity contribution in [2.45, 2.75) is 0 Å². The number of nitrogens with zero attached hydrogens (tertiary/aromatic N) is 1. The predicted octanol–water partition coefficient (Wildman–Crippen LogP) is 4.68. The molecular weight excluding hydrogens is 436 g/mol. The molecule has 2 aromatic rings. The molecule has 0 saturated carbocycles. The average molecular weight is 441 g/mol. The van der Waals surface area contributed by atoms with Gasteiger partial charge in [-0.05, 0) is 50.1 Å². The number of thiophene rings is 1. The lowest BCUT2D eigenvalue weighted by atomic mass is 10.3. The number of nitrogens with one attached hydrogen (secondary N) is 1. The Balaban J connectivity index is 2.20. The third-order valence-electron chi connectivity index (χ3n) is 1.86. The number of carbonyl (C=O) groups excluding carboxylic acids is 1. The first-order valence-electron chi connectivity index (χ1n) is 4.44. The Morgan fingerprint density at radius 1 is 1.29 bits per heavy atom. The Kier molecular flexibility index (Phi) is 4.35. The summed E-state index contributed by atoms with van der Waals surface area (Å²) < 4.78 is 2.56. The molecule has 2 rings (SSSR count). The third kappa shape index (κ3) is 3.37. The van der Waals surface area contributed by atoms with Crippen LogP contribution in [0.15, 0.2) is 36.4 Å². The van der Waals surface area contributed by atoms with Crippen molar-refractivity contribution in [3.8, 4) is 0 Å². The highest BCUT2D eigenvalue weighted by Crippen LogP contribution is 2.32. The van der Waals surface area contributed by atoms with Gasteiger partial charge >= 0.3 is 0 Å². The van der Waals surface area contributed by atoms with Crippen LogP contribution >= 0.6 is 59.1 Å². The number of halogens is 3. The first-order chi connectivity index (χ1) is 8.06. The van der Waals surface area contributed by atoms with Gasteiger partial charge in [0, 0.05) is 10.7 Å². The maximum absolute atomic E-state index is 11.9. The van der Waals surface area contributed by atoms with Crippen molar-refractivity contribution in [1.29, 1.82) is 0 Å². The summed E-state index contributed by atoms with van der Waals surface area (Å²) in [4.78, 5) is 16.0. The molecule has 0 aromatic carbocycles. The highest BCUT2D eigenvalue weighted by atomic mass is 79.9. The van der Waals surface area contributed by atoms with Crippen LogP contribution in [0, 0.1) is 0 Å². The van der Waals surface area contributed by atoms with Crippen LogP contribution in [-0.4, -0.2) is 10.9 Å². The normalized spacial score (nSPS) is 10.3. The lowest BCUT2D eigenvalue weighted by Crippen LogP contribution is -2.12. The van der Waals surface area contributed by atoms with E-state index in [-0.39, 0.29) is 5.91 Å². The van der Waals surface area contributed by atoms with Crippen LogP contribution in [0.3, 0.4) is 0 Å². The van der Waals surface area contributed by atoms with Gasteiger partial charge in [0.25, 0.3) is 5.91 Å². The topological polar surface area (TPSA) is 42.0 Å². The molecule has 0 saturated heterocycles. The van der Waals surface area contributed by atoms with Crippen LogP contribution in [0.2, 0.25) is 0 Å². The van der Waals surface area contributed by atoms with Crippen molar-refractivity contribution < 1.29 is 4.79 Å². The summed E-state index contributed by atoms with van der Waals surface area (Å²) in [5, 5.41) is 2.73. The Labute approximate surface area is 127 Å². The number of hydrogen-bond acceptors (Lipinski definition) is 3. The lowest BCUT2D eigenvalue weighted by molar-refractivity contribution is 0.102. The number of carbonyl (C=O) groups is 1. The minimum Gasteiger partial charge on any atom is -0.306 e. The van der Waals surface area contributed by atoms with E-state index in [1.807, 2.05) is 0 Å². The molecule has 88 valence electrons. The second kappa shape index (κ2) is 5.60. The molecule has 1 amide bonds. The molecule has 0 bridgehead atoms. The Hall–Kier alpha value is -0.240. The summed E-state index contributed by atoms with van der Waals surface area (Å²) in [5.41, 5.74) is 0.587. The minimum absolute atomic E-state index is 0.190. The van der Waals surface area contributed by atoms with Crippen LogP contribution in [0.1, 0.15) is 10.4 Å². The van der Waals surface area contributed by atoms with Gasteiger partial charge in [-0.1, -0.05) is 15.9 Å². The fraction of sp³-hybridized carbons (Fsp3) is 0. The SMILES string of the molecule is O=C(Nc1cc(Br)ccn1)c1cc(Br)sc1Br. The molecule has 2 heterocycles. The van der Waals surface area contributed by atoms with Gasteiger partial charge in [0.05, 0.1) is 13.1 Å². The second-order valence-corrected chi connectivity index (χ2v) is 7.72. The van der Waals surface area contributed by atoms with E-state index in [2.05, 4.69) is 58.1 Å². The Morgan fingerprint density at radius 3 is 2.65 bits per heavy atom. The van der Waals surface area contributed by atoms with Crippen molar-refractivity contribution >= 4 is 70.9 Å². The molecule has 0 spiro atoms. The number of anilines is 1. The van der Waals surface area contributed by atoms with Crippen molar-refractivity contribution in [3.05, 3.63) is 42.0 Å². The highest BCUT2D eigenvalue weighted by molar-refractivity contribution is 9.12. The molecule has 0 fully saturated rings. The number of aromatic nitrogens is 1. The first kappa shape index (κ1) is 13.2. The van der Waals surface area contributed by atoms with E-state index in [4.69, 9.17) is 0 Å². The van der Waals surface area contributed by atoms with Crippen LogP contribution in [0.4, 0.5) is 5.82 Å². The van der Waals surface area contributed by atoms with Crippen molar-refractivity contribution in [2.75, 3.05) is 5.32 Å². The quantitative estimate of drug-likeness (QED) is 0.736. The molecule has 0 aliphatic heterocycles. The monoisotopic (exact) mass is 438 g/mol. The van der Waals surface area contributed by atoms with E-state index in [1.165, 1.54) is 11.3 Å². The summed E-state index contributed by atoms with van der Waals surface area (Å²) >= 11 is 11.5. The molecule has 17 heavy (non-hydrogen) atoms. The van der Waals surface area contributed by atoms with Gasteiger partial charge in [-0.3, -0.25) is 4.79 Å². The molecule has 0 atom stereocenters. The summed E-state index contributed by atoms with van der Waals surface area (Å²) in [6.07, 6.45) is 1.62. The number of hydrogen-bond donors (Lipinski definition) is 1. The zero-order valence-electron chi connectivity index (χ0n) is 8.21. The zero-order valence-corrected chi connectivity index (χ0v) is 13.8. The van der Waals surface area contributed by atoms with Crippen molar-refractivity contribution in [1.82, 2.24) is 4.98 Å². The molecule has 1 N–H and O–H groups in total. The van der Waals surface area contributed by atoms with Gasteiger partial charge in [0.1, 0.15) is 5.82 Å². The third-order valence-corrected chi connectivity index (χ3v) is 4.70. The Bertz CT molecular complexity index is 570. The Morgan fingerprint density at radius 2 is 2.06 bits per heavy atom. The van der Waals surface area contributed by atoms with Gasteiger partial charge in [-0.2, -0.15) is 0 Å². The predicted molar refractivity (Wildman–Crippen MR) is 79.6 cm³/mol. The zero-order chi connectivity index (χ0) is 12.4. The van der Waals surface area contributed by atoms with Crippen LogP contribution in [0.5, 0.6) is 0 Å². The van der Waals surface area contributed by atoms with Crippen molar-refractivity contribution in [2.24, 2.45) is 0 Å². The standard InChI is InChI=1S/C10H5Br3N2OS/c11-5-1-2-14-8(3-5)15-10(16)6-4-7(12)17-9(6)13/h1-4H,(H,14,15,16). The summed E-state index contributed by atoms with van der Waals surface area (Å²) in [5.74, 6) is 0.322. The maximum Gasteiger partial charge on any atom is 0.258 e. The van der Waals surface area contributed by atoms with E-state index in [0.29, 0.717) is 11.4 Å². The molecule has 3 nitrogen and oxygen atoms in total. The van der Waals surface area contributed by atoms with E-state index >= 15 is 0 Å². The van der Waals surface area contributed by atoms with Gasteiger partial charge < -0.3 is 5.32 Å². The van der Waals surface area contributed by atoms with Gasteiger partial charge in [0.15, 0.2) is 0 Å². The molecule has 2 aromatic heterocycles. The second-order valence-electron chi connectivity index (χ2n) is 3.05. The highest BCUT2D eigenvalue weighted by Gasteiger charge is 2.14. The van der Waals surface area contributed by atoms with Crippen LogP contribution in [0.25, 0.3) is 0 Å². The molecule has 0 radical (unpaired) electrons. The van der Waals surface area contributed by atoms with E-state index in [0.717, 1.165) is 12.0 Å². The summed E-state index contributed by atoms with van der Waals surface area (Å²) in [6, 6.07) is 5.31. The number of pyridine rings is 1. The molecule has 0 aliphatic carbocycles. The number of amides is 1. The molecule has 0 unspecified atom stereocenters. The maximum atomic E-state index is 11.9. The number of rotatable bonds is 2. The van der Waals surface area contributed by atoms with Crippen LogP contribution < -0.4 is 5.32 Å². The minimum atomic E-state index is -0.190. The largest absolute Gasteiger partial charge is 0.306 e. The smallest absolute Gasteiger partial charge is 0.258 e. The van der Waals surface area contributed by atoms with E-state index in [1.54, 1.807) is 24.4 Å². The fourth-order valence-corrected chi connectivity index (χ4v) is 4.28. The lowest BCUT2D eigenvalue weighted by Gasteiger charge is -2.03. The molecule has 7 heteroatoms. The van der Waals surface area contributed by atoms with E-state index in [9.17, 15) is 4.79 Å².